The van der Waals surface area contributed by atoms with Crippen LogP contribution in [-0.2, 0) is 6.54 Å². The van der Waals surface area contributed by atoms with Gasteiger partial charge in [-0.25, -0.2) is 9.97 Å². The van der Waals surface area contributed by atoms with Gasteiger partial charge in [0.15, 0.2) is 0 Å². The van der Waals surface area contributed by atoms with E-state index in [0.717, 1.165) is 24.2 Å². The van der Waals surface area contributed by atoms with Gasteiger partial charge in [-0.15, -0.1) is 0 Å². The summed E-state index contributed by atoms with van der Waals surface area (Å²) in [5.74, 6) is 1.51. The molecule has 1 saturated carbocycles. The lowest BCUT2D eigenvalue weighted by atomic mass is 10.1. The second kappa shape index (κ2) is 5.69. The van der Waals surface area contributed by atoms with Gasteiger partial charge in [0.2, 0.25) is 5.91 Å². The number of hydrogen-bond donors (Lipinski definition) is 2. The lowest BCUT2D eigenvalue weighted by Crippen LogP contribution is -2.11. The molecule has 1 heterocycles. The molecule has 1 aliphatic carbocycles. The topological polar surface area (TPSA) is 80.9 Å². The fourth-order valence-electron chi connectivity index (χ4n) is 2.08. The van der Waals surface area contributed by atoms with Crippen LogP contribution in [0.15, 0.2) is 30.3 Å². The third-order valence-corrected chi connectivity index (χ3v) is 3.53. The quantitative estimate of drug-likeness (QED) is 0.832. The van der Waals surface area contributed by atoms with E-state index in [1.165, 1.54) is 0 Å². The Balaban J connectivity index is 1.72. The lowest BCUT2D eigenvalue weighted by Gasteiger charge is -2.08. The monoisotopic (exact) mass is 302 g/mol. The van der Waals surface area contributed by atoms with E-state index in [-0.39, 0.29) is 0 Å². The molecule has 5 nitrogen and oxygen atoms in total. The first-order valence-electron chi connectivity index (χ1n) is 6.79. The highest BCUT2D eigenvalue weighted by Gasteiger charge is 2.27. The van der Waals surface area contributed by atoms with Crippen LogP contribution in [0.2, 0.25) is 5.15 Å². The largest absolute Gasteiger partial charge is 0.366 e. The maximum absolute atomic E-state index is 11.2. The second-order valence-electron chi connectivity index (χ2n) is 5.13. The summed E-state index contributed by atoms with van der Waals surface area (Å²) >= 11 is 6.02. The molecule has 6 heteroatoms. The Morgan fingerprint density at radius 3 is 2.86 bits per heavy atom. The Hall–Kier alpha value is -2.14. The zero-order valence-corrected chi connectivity index (χ0v) is 12.1. The molecule has 108 valence electrons. The zero-order valence-electron chi connectivity index (χ0n) is 11.3. The number of carbonyl (C=O) groups is 1. The molecule has 0 saturated heterocycles. The molecule has 3 N–H and O–H groups in total. The molecule has 21 heavy (non-hydrogen) atoms. The van der Waals surface area contributed by atoms with Crippen LogP contribution in [0.3, 0.4) is 0 Å². The van der Waals surface area contributed by atoms with Crippen molar-refractivity contribution >= 4 is 23.3 Å². The number of rotatable bonds is 5. The Bertz CT molecular complexity index is 685. The van der Waals surface area contributed by atoms with Crippen molar-refractivity contribution in [2.75, 3.05) is 5.32 Å². The molecule has 0 spiro atoms. The molecule has 0 aliphatic heterocycles. The van der Waals surface area contributed by atoms with Crippen LogP contribution < -0.4 is 11.1 Å². The van der Waals surface area contributed by atoms with E-state index in [9.17, 15) is 4.79 Å². The van der Waals surface area contributed by atoms with Crippen LogP contribution >= 0.6 is 11.6 Å². The average molecular weight is 303 g/mol. The van der Waals surface area contributed by atoms with Gasteiger partial charge in [-0.1, -0.05) is 23.7 Å². The minimum absolute atomic E-state index is 0.432. The molecular weight excluding hydrogens is 288 g/mol. The number of halogens is 1. The Kier molecular flexibility index (Phi) is 3.75. The van der Waals surface area contributed by atoms with Crippen LogP contribution in [0.25, 0.3) is 0 Å². The van der Waals surface area contributed by atoms with Crippen LogP contribution in [0.5, 0.6) is 0 Å². The summed E-state index contributed by atoms with van der Waals surface area (Å²) in [6, 6.07) is 8.88. The van der Waals surface area contributed by atoms with Crippen molar-refractivity contribution < 1.29 is 4.79 Å². The SMILES string of the molecule is NC(=O)c1cccc(CNc2cc(Cl)nc(C3CC3)n2)c1. The number of primary amides is 1. The third-order valence-electron chi connectivity index (χ3n) is 3.34. The third kappa shape index (κ3) is 3.49. The number of benzene rings is 1. The highest BCUT2D eigenvalue weighted by molar-refractivity contribution is 6.29. The summed E-state index contributed by atoms with van der Waals surface area (Å²) in [5, 5.41) is 3.65. The van der Waals surface area contributed by atoms with E-state index >= 15 is 0 Å². The zero-order chi connectivity index (χ0) is 14.8. The first-order valence-corrected chi connectivity index (χ1v) is 7.17. The van der Waals surface area contributed by atoms with Crippen molar-refractivity contribution in [1.29, 1.82) is 0 Å². The summed E-state index contributed by atoms with van der Waals surface area (Å²) in [6.07, 6.45) is 2.25. The molecule has 0 unspecified atom stereocenters. The molecule has 2 aromatic rings. The van der Waals surface area contributed by atoms with Crippen LogP contribution in [-0.4, -0.2) is 15.9 Å². The summed E-state index contributed by atoms with van der Waals surface area (Å²) in [4.78, 5) is 19.9. The number of carbonyl (C=O) groups excluding carboxylic acids is 1. The van der Waals surface area contributed by atoms with Crippen LogP contribution in [0.4, 0.5) is 5.82 Å². The van der Waals surface area contributed by atoms with Gasteiger partial charge in [-0.2, -0.15) is 0 Å². The van der Waals surface area contributed by atoms with Gasteiger partial charge >= 0.3 is 0 Å². The van der Waals surface area contributed by atoms with Crippen LogP contribution in [0.1, 0.15) is 40.5 Å². The molecule has 0 bridgehead atoms. The summed E-state index contributed by atoms with van der Waals surface area (Å²) in [7, 11) is 0. The van der Waals surface area contributed by atoms with Gasteiger partial charge in [-0.05, 0) is 30.5 Å². The molecule has 3 rings (SSSR count). The lowest BCUT2D eigenvalue weighted by molar-refractivity contribution is 0.1000. The number of aromatic nitrogens is 2. The van der Waals surface area contributed by atoms with E-state index < -0.39 is 5.91 Å². The highest BCUT2D eigenvalue weighted by Crippen LogP contribution is 2.38. The molecule has 1 aliphatic rings. The van der Waals surface area contributed by atoms with Gasteiger partial charge in [0.25, 0.3) is 0 Å². The first-order chi connectivity index (χ1) is 10.1. The smallest absolute Gasteiger partial charge is 0.248 e. The van der Waals surface area contributed by atoms with Gasteiger partial charge < -0.3 is 11.1 Å². The fraction of sp³-hybridized carbons (Fsp3) is 0.267. The van der Waals surface area contributed by atoms with Gasteiger partial charge in [0.1, 0.15) is 16.8 Å². The Morgan fingerprint density at radius 1 is 1.33 bits per heavy atom. The molecule has 1 amide bonds. The predicted octanol–water partition coefficient (Wildman–Crippen LogP) is 2.72. The second-order valence-corrected chi connectivity index (χ2v) is 5.51. The van der Waals surface area contributed by atoms with Crippen molar-refractivity contribution in [3.63, 3.8) is 0 Å². The van der Waals surface area contributed by atoms with Crippen molar-refractivity contribution in [1.82, 2.24) is 9.97 Å². The normalized spacial score (nSPS) is 14.0. The van der Waals surface area contributed by atoms with E-state index in [1.54, 1.807) is 24.3 Å². The first kappa shape index (κ1) is 13.8. The Morgan fingerprint density at radius 2 is 2.14 bits per heavy atom. The van der Waals surface area contributed by atoms with Gasteiger partial charge in [-0.3, -0.25) is 4.79 Å². The number of amides is 1. The fourth-order valence-corrected chi connectivity index (χ4v) is 2.27. The number of nitrogens with zero attached hydrogens (tertiary/aromatic N) is 2. The molecule has 0 radical (unpaired) electrons. The summed E-state index contributed by atoms with van der Waals surface area (Å²) < 4.78 is 0. The molecular formula is C15H15ClN4O. The van der Waals surface area contributed by atoms with Crippen molar-refractivity contribution in [3.8, 4) is 0 Å². The average Bonchev–Trinajstić information content (AvgIpc) is 3.29. The number of anilines is 1. The number of nitrogens with one attached hydrogen (secondary N) is 1. The van der Waals surface area contributed by atoms with E-state index in [4.69, 9.17) is 17.3 Å². The predicted molar refractivity (Wildman–Crippen MR) is 81.3 cm³/mol. The van der Waals surface area contributed by atoms with E-state index in [2.05, 4.69) is 15.3 Å². The highest BCUT2D eigenvalue weighted by atomic mass is 35.5. The Labute approximate surface area is 127 Å². The molecule has 1 aromatic heterocycles. The van der Waals surface area contributed by atoms with E-state index in [1.807, 2.05) is 6.07 Å². The minimum Gasteiger partial charge on any atom is -0.366 e. The summed E-state index contributed by atoms with van der Waals surface area (Å²) in [5.41, 5.74) is 6.72. The van der Waals surface area contributed by atoms with Crippen molar-refractivity contribution in [2.45, 2.75) is 25.3 Å². The molecule has 1 aromatic carbocycles. The molecule has 1 fully saturated rings. The van der Waals surface area contributed by atoms with Gasteiger partial charge in [0, 0.05) is 24.1 Å². The van der Waals surface area contributed by atoms with Gasteiger partial charge in [0.05, 0.1) is 0 Å². The summed E-state index contributed by atoms with van der Waals surface area (Å²) in [6.45, 7) is 0.540. The van der Waals surface area contributed by atoms with E-state index in [0.29, 0.717) is 29.0 Å². The number of nitrogens with two attached hydrogens (primary N) is 1. The van der Waals surface area contributed by atoms with Crippen molar-refractivity contribution in [3.05, 3.63) is 52.4 Å². The van der Waals surface area contributed by atoms with Crippen LogP contribution in [0, 0.1) is 0 Å². The molecule has 0 atom stereocenters. The minimum atomic E-state index is -0.432. The standard InChI is InChI=1S/C15H15ClN4O/c16-12-7-13(20-15(19-12)10-4-5-10)18-8-9-2-1-3-11(6-9)14(17)21/h1-3,6-7,10H,4-5,8H2,(H2,17,21)(H,18,19,20). The van der Waals surface area contributed by atoms with Crippen molar-refractivity contribution in [2.24, 2.45) is 5.73 Å². The maximum Gasteiger partial charge on any atom is 0.248 e. The number of hydrogen-bond acceptors (Lipinski definition) is 4. The maximum atomic E-state index is 11.2.